The molecule has 1 aliphatic rings. The maximum Gasteiger partial charge on any atom is 0.410 e. The molecule has 1 aromatic rings. The highest BCUT2D eigenvalue weighted by atomic mass is 127. The van der Waals surface area contributed by atoms with E-state index in [4.69, 9.17) is 4.74 Å². The molecule has 27 heavy (non-hydrogen) atoms. The lowest BCUT2D eigenvalue weighted by Crippen LogP contribution is -2.53. The SMILES string of the molecule is CC(C)S(=O)(=O)N[C@H]1CCN(C(=O)OC(C)(C)C)C[C@@H]1c1ccc(I)cc1. The van der Waals surface area contributed by atoms with Gasteiger partial charge in [-0.05, 0) is 81.3 Å². The Bertz CT molecular complexity index is 757. The summed E-state index contributed by atoms with van der Waals surface area (Å²) in [6.45, 7) is 9.72. The van der Waals surface area contributed by atoms with Crippen molar-refractivity contribution < 1.29 is 17.9 Å². The second kappa shape index (κ2) is 8.65. The molecule has 8 heteroatoms. The van der Waals surface area contributed by atoms with Crippen molar-refractivity contribution in [3.05, 3.63) is 33.4 Å². The molecule has 1 heterocycles. The summed E-state index contributed by atoms with van der Waals surface area (Å²) in [6, 6.07) is 7.74. The van der Waals surface area contributed by atoms with Gasteiger partial charge in [-0.15, -0.1) is 0 Å². The Morgan fingerprint density at radius 1 is 1.26 bits per heavy atom. The topological polar surface area (TPSA) is 75.7 Å². The van der Waals surface area contributed by atoms with Gasteiger partial charge in [0.1, 0.15) is 5.60 Å². The lowest BCUT2D eigenvalue weighted by molar-refractivity contribution is 0.0182. The molecule has 2 atom stereocenters. The molecule has 1 fully saturated rings. The molecule has 1 aliphatic heterocycles. The van der Waals surface area contributed by atoms with Crippen molar-refractivity contribution in [2.75, 3.05) is 13.1 Å². The Labute approximate surface area is 176 Å². The van der Waals surface area contributed by atoms with E-state index in [0.717, 1.165) is 9.13 Å². The van der Waals surface area contributed by atoms with Crippen LogP contribution in [0.2, 0.25) is 0 Å². The van der Waals surface area contributed by atoms with Crippen LogP contribution >= 0.6 is 22.6 Å². The minimum absolute atomic E-state index is 0.128. The molecule has 1 aromatic carbocycles. The first-order valence-electron chi connectivity index (χ1n) is 9.13. The number of halogens is 1. The van der Waals surface area contributed by atoms with E-state index in [0.29, 0.717) is 19.5 Å². The Morgan fingerprint density at radius 3 is 2.37 bits per heavy atom. The molecule has 1 N–H and O–H groups in total. The molecule has 1 saturated heterocycles. The second-order valence-corrected chi connectivity index (χ2v) is 11.7. The van der Waals surface area contributed by atoms with Crippen LogP contribution in [0.5, 0.6) is 0 Å². The Kier molecular flexibility index (Phi) is 7.18. The van der Waals surface area contributed by atoms with Crippen molar-refractivity contribution >= 4 is 38.7 Å². The number of ether oxygens (including phenoxy) is 1. The van der Waals surface area contributed by atoms with E-state index >= 15 is 0 Å². The number of likely N-dealkylation sites (tertiary alicyclic amines) is 1. The van der Waals surface area contributed by atoms with Crippen molar-refractivity contribution in [2.24, 2.45) is 0 Å². The predicted molar refractivity (Wildman–Crippen MR) is 115 cm³/mol. The van der Waals surface area contributed by atoms with Gasteiger partial charge in [-0.25, -0.2) is 17.9 Å². The number of hydrogen-bond acceptors (Lipinski definition) is 4. The van der Waals surface area contributed by atoms with Gasteiger partial charge in [-0.2, -0.15) is 0 Å². The summed E-state index contributed by atoms with van der Waals surface area (Å²) in [5.74, 6) is -0.128. The van der Waals surface area contributed by atoms with Crippen LogP contribution in [0.25, 0.3) is 0 Å². The summed E-state index contributed by atoms with van der Waals surface area (Å²) in [6.07, 6.45) is 0.185. The summed E-state index contributed by atoms with van der Waals surface area (Å²) >= 11 is 2.24. The van der Waals surface area contributed by atoms with E-state index in [2.05, 4.69) is 27.3 Å². The summed E-state index contributed by atoms with van der Waals surface area (Å²) < 4.78 is 34.3. The van der Waals surface area contributed by atoms with E-state index < -0.39 is 20.9 Å². The van der Waals surface area contributed by atoms with Gasteiger partial charge >= 0.3 is 6.09 Å². The Morgan fingerprint density at radius 2 is 1.85 bits per heavy atom. The van der Waals surface area contributed by atoms with E-state index in [1.54, 1.807) is 18.7 Å². The van der Waals surface area contributed by atoms with E-state index in [-0.39, 0.29) is 18.1 Å². The molecule has 0 bridgehead atoms. The maximum atomic E-state index is 12.5. The minimum atomic E-state index is -3.40. The van der Waals surface area contributed by atoms with Gasteiger partial charge in [-0.3, -0.25) is 0 Å². The summed E-state index contributed by atoms with van der Waals surface area (Å²) in [7, 11) is -3.40. The monoisotopic (exact) mass is 508 g/mol. The lowest BCUT2D eigenvalue weighted by atomic mass is 9.87. The van der Waals surface area contributed by atoms with Crippen LogP contribution < -0.4 is 4.72 Å². The molecule has 0 aliphatic carbocycles. The van der Waals surface area contributed by atoms with Crippen LogP contribution in [0.3, 0.4) is 0 Å². The fourth-order valence-corrected chi connectivity index (χ4v) is 4.32. The highest BCUT2D eigenvalue weighted by Gasteiger charge is 2.36. The quantitative estimate of drug-likeness (QED) is 0.630. The average Bonchev–Trinajstić information content (AvgIpc) is 2.54. The fourth-order valence-electron chi connectivity index (χ4n) is 2.98. The normalized spacial score (nSPS) is 21.4. The van der Waals surface area contributed by atoms with Crippen molar-refractivity contribution in [1.82, 2.24) is 9.62 Å². The number of piperidine rings is 1. The van der Waals surface area contributed by atoms with Gasteiger partial charge in [0.2, 0.25) is 10.0 Å². The summed E-state index contributed by atoms with van der Waals surface area (Å²) in [5, 5.41) is -0.501. The van der Waals surface area contributed by atoms with Crippen LogP contribution in [-0.4, -0.2) is 49.4 Å². The first-order valence-corrected chi connectivity index (χ1v) is 11.8. The summed E-state index contributed by atoms with van der Waals surface area (Å²) in [5.41, 5.74) is 0.450. The highest BCUT2D eigenvalue weighted by molar-refractivity contribution is 14.1. The zero-order valence-electron chi connectivity index (χ0n) is 16.5. The number of sulfonamides is 1. The van der Waals surface area contributed by atoms with Gasteiger partial charge in [0.15, 0.2) is 0 Å². The lowest BCUT2D eigenvalue weighted by Gasteiger charge is -2.39. The maximum absolute atomic E-state index is 12.5. The number of amides is 1. The number of hydrogen-bond donors (Lipinski definition) is 1. The molecule has 0 unspecified atom stereocenters. The Balaban J connectivity index is 2.26. The van der Waals surface area contributed by atoms with E-state index in [9.17, 15) is 13.2 Å². The van der Waals surface area contributed by atoms with Gasteiger partial charge in [-0.1, -0.05) is 12.1 Å². The number of nitrogens with zero attached hydrogens (tertiary/aromatic N) is 1. The van der Waals surface area contributed by atoms with Crippen LogP contribution in [0.4, 0.5) is 4.79 Å². The number of carbonyl (C=O) groups excluding carboxylic acids is 1. The smallest absolute Gasteiger partial charge is 0.410 e. The van der Waals surface area contributed by atoms with E-state index in [1.807, 2.05) is 45.0 Å². The zero-order chi connectivity index (χ0) is 20.4. The third-order valence-corrected chi connectivity index (χ3v) is 7.09. The van der Waals surface area contributed by atoms with Crippen LogP contribution in [0.15, 0.2) is 24.3 Å². The van der Waals surface area contributed by atoms with Gasteiger partial charge in [0, 0.05) is 28.6 Å². The van der Waals surface area contributed by atoms with Gasteiger partial charge in [0.25, 0.3) is 0 Å². The molecule has 0 saturated carbocycles. The van der Waals surface area contributed by atoms with Crippen molar-refractivity contribution in [1.29, 1.82) is 0 Å². The fraction of sp³-hybridized carbons (Fsp3) is 0.632. The van der Waals surface area contributed by atoms with Crippen LogP contribution in [-0.2, 0) is 14.8 Å². The van der Waals surface area contributed by atoms with Crippen molar-refractivity contribution in [3.8, 4) is 0 Å². The molecule has 152 valence electrons. The van der Waals surface area contributed by atoms with E-state index in [1.165, 1.54) is 0 Å². The predicted octanol–water partition coefficient (Wildman–Crippen LogP) is 3.71. The zero-order valence-corrected chi connectivity index (χ0v) is 19.5. The Hall–Kier alpha value is -0.870. The van der Waals surface area contributed by atoms with Crippen LogP contribution in [0.1, 0.15) is 52.5 Å². The van der Waals surface area contributed by atoms with Crippen LogP contribution in [0, 0.1) is 3.57 Å². The third kappa shape index (κ3) is 6.32. The largest absolute Gasteiger partial charge is 0.444 e. The summed E-state index contributed by atoms with van der Waals surface area (Å²) in [4.78, 5) is 14.2. The molecule has 0 aromatic heterocycles. The molecule has 2 rings (SSSR count). The first kappa shape index (κ1) is 22.4. The van der Waals surface area contributed by atoms with Crippen molar-refractivity contribution in [3.63, 3.8) is 0 Å². The molecular formula is C19H29IN2O4S. The minimum Gasteiger partial charge on any atom is -0.444 e. The standard InChI is InChI=1S/C19H29IN2O4S/c1-13(2)27(24,25)21-17-10-11-22(18(23)26-19(3,4)5)12-16(17)14-6-8-15(20)9-7-14/h6-9,13,16-17,21H,10-12H2,1-5H3/t16-,17+/m1/s1. The highest BCUT2D eigenvalue weighted by Crippen LogP contribution is 2.30. The molecular weight excluding hydrogens is 479 g/mol. The second-order valence-electron chi connectivity index (χ2n) is 8.19. The van der Waals surface area contributed by atoms with Gasteiger partial charge in [0.05, 0.1) is 5.25 Å². The van der Waals surface area contributed by atoms with Crippen molar-refractivity contribution in [2.45, 2.75) is 63.9 Å². The number of benzene rings is 1. The molecule has 6 nitrogen and oxygen atoms in total. The molecule has 1 amide bonds. The number of nitrogens with one attached hydrogen (secondary N) is 1. The average molecular weight is 508 g/mol. The van der Waals surface area contributed by atoms with Gasteiger partial charge < -0.3 is 9.64 Å². The first-order chi connectivity index (χ1) is 12.4. The number of rotatable bonds is 4. The molecule has 0 radical (unpaired) electrons. The molecule has 0 spiro atoms. The third-order valence-electron chi connectivity index (χ3n) is 4.50. The number of carbonyl (C=O) groups is 1.